The smallest absolute Gasteiger partial charge is 0.341 e. The number of fused-ring (bicyclic) bond motifs is 1. The van der Waals surface area contributed by atoms with Crippen molar-refractivity contribution < 1.29 is 9.90 Å². The highest BCUT2D eigenvalue weighted by molar-refractivity contribution is 5.93. The molecule has 2 rings (SSSR count). The lowest BCUT2D eigenvalue weighted by Crippen LogP contribution is -2.20. The molecule has 4 heteroatoms. The van der Waals surface area contributed by atoms with E-state index in [1.165, 1.54) is 6.20 Å². The lowest BCUT2D eigenvalue weighted by atomic mass is 10.0. The molecule has 1 N–H and O–H groups in total. The fraction of sp³-hybridized carbons (Fsp3) is 0.333. The number of hydrogen-bond donors (Lipinski definition) is 1. The molecule has 0 unspecified atom stereocenters. The van der Waals surface area contributed by atoms with Crippen LogP contribution in [0.25, 0.3) is 10.9 Å². The quantitative estimate of drug-likeness (QED) is 0.902. The van der Waals surface area contributed by atoms with Crippen LogP contribution in [-0.2, 0) is 0 Å². The summed E-state index contributed by atoms with van der Waals surface area (Å²) in [5.74, 6) is -1.18. The van der Waals surface area contributed by atoms with Crippen LogP contribution in [-0.4, -0.2) is 15.6 Å². The summed E-state index contributed by atoms with van der Waals surface area (Å²) in [4.78, 5) is 23.5. The van der Waals surface area contributed by atoms with Gasteiger partial charge in [-0.05, 0) is 44.9 Å². The van der Waals surface area contributed by atoms with E-state index in [0.717, 1.165) is 16.6 Å². The number of carboxylic acid groups (broad SMARTS) is 1. The average Bonchev–Trinajstić information content (AvgIpc) is 2.29. The van der Waals surface area contributed by atoms with E-state index in [1.807, 2.05) is 38.3 Å². The summed E-state index contributed by atoms with van der Waals surface area (Å²) < 4.78 is 1.86. The lowest BCUT2D eigenvalue weighted by molar-refractivity contribution is 0.0694. The van der Waals surface area contributed by atoms with Gasteiger partial charge in [-0.2, -0.15) is 0 Å². The van der Waals surface area contributed by atoms with Gasteiger partial charge in [0, 0.05) is 17.6 Å². The number of rotatable bonds is 2. The van der Waals surface area contributed by atoms with Crippen LogP contribution in [0.5, 0.6) is 0 Å². The van der Waals surface area contributed by atoms with Crippen LogP contribution in [0.1, 0.15) is 41.4 Å². The van der Waals surface area contributed by atoms with Gasteiger partial charge in [0.05, 0.1) is 5.52 Å². The molecule has 0 aliphatic rings. The molecule has 0 aliphatic heterocycles. The molecule has 1 heterocycles. The molecule has 0 fully saturated rings. The molecular weight excluding hydrogens is 242 g/mol. The molecule has 0 aliphatic carbocycles. The number of benzene rings is 1. The van der Waals surface area contributed by atoms with Crippen LogP contribution in [0.3, 0.4) is 0 Å². The second-order valence-corrected chi connectivity index (χ2v) is 5.16. The third-order valence-electron chi connectivity index (χ3n) is 3.25. The largest absolute Gasteiger partial charge is 0.477 e. The zero-order chi connectivity index (χ0) is 14.3. The Bertz CT molecular complexity index is 726. The molecule has 1 aromatic heterocycles. The van der Waals surface area contributed by atoms with Crippen LogP contribution >= 0.6 is 0 Å². The van der Waals surface area contributed by atoms with E-state index in [9.17, 15) is 9.59 Å². The Kier molecular flexibility index (Phi) is 3.18. The van der Waals surface area contributed by atoms with Crippen LogP contribution in [0.4, 0.5) is 0 Å². The molecule has 4 nitrogen and oxygen atoms in total. The first-order valence-electron chi connectivity index (χ1n) is 6.22. The van der Waals surface area contributed by atoms with Crippen LogP contribution in [0.15, 0.2) is 23.1 Å². The van der Waals surface area contributed by atoms with E-state index in [0.29, 0.717) is 5.39 Å². The van der Waals surface area contributed by atoms with Gasteiger partial charge in [0.2, 0.25) is 5.43 Å². The fourth-order valence-electron chi connectivity index (χ4n) is 2.44. The number of nitrogens with zero attached hydrogens (tertiary/aromatic N) is 1. The van der Waals surface area contributed by atoms with E-state index in [2.05, 4.69) is 0 Å². The summed E-state index contributed by atoms with van der Waals surface area (Å²) in [6, 6.07) is 3.85. The second kappa shape index (κ2) is 4.53. The number of hydrogen-bond acceptors (Lipinski definition) is 2. The molecule has 19 heavy (non-hydrogen) atoms. The minimum Gasteiger partial charge on any atom is -0.477 e. The summed E-state index contributed by atoms with van der Waals surface area (Å²) >= 11 is 0. The Labute approximate surface area is 111 Å². The standard InChI is InChI=1S/C15H17NO3/c1-8(2)16-7-12(15(18)19)14(17)11-6-9(3)5-10(4)13(11)16/h5-8H,1-4H3,(H,18,19). The number of pyridine rings is 1. The van der Waals surface area contributed by atoms with Crippen molar-refractivity contribution in [2.45, 2.75) is 33.7 Å². The Morgan fingerprint density at radius 2 is 1.89 bits per heavy atom. The first kappa shape index (κ1) is 13.3. The summed E-state index contributed by atoms with van der Waals surface area (Å²) in [6.45, 7) is 7.77. The predicted molar refractivity (Wildman–Crippen MR) is 75.0 cm³/mol. The van der Waals surface area contributed by atoms with Crippen molar-refractivity contribution in [3.8, 4) is 0 Å². The van der Waals surface area contributed by atoms with Gasteiger partial charge in [0.1, 0.15) is 5.56 Å². The molecule has 0 amide bonds. The van der Waals surface area contributed by atoms with Crippen LogP contribution in [0, 0.1) is 13.8 Å². The van der Waals surface area contributed by atoms with Gasteiger partial charge in [0.15, 0.2) is 0 Å². The first-order valence-corrected chi connectivity index (χ1v) is 6.22. The molecule has 2 aromatic rings. The molecule has 0 radical (unpaired) electrons. The second-order valence-electron chi connectivity index (χ2n) is 5.16. The molecule has 0 spiro atoms. The molecule has 0 saturated carbocycles. The predicted octanol–water partition coefficient (Wildman–Crippen LogP) is 2.90. The Morgan fingerprint density at radius 3 is 2.42 bits per heavy atom. The molecular formula is C15H17NO3. The number of aromatic carboxylic acids is 1. The third kappa shape index (κ3) is 2.14. The molecule has 0 saturated heterocycles. The number of aromatic nitrogens is 1. The fourth-order valence-corrected chi connectivity index (χ4v) is 2.44. The van der Waals surface area contributed by atoms with Crippen molar-refractivity contribution >= 4 is 16.9 Å². The van der Waals surface area contributed by atoms with Gasteiger partial charge in [-0.15, -0.1) is 0 Å². The number of aryl methyl sites for hydroxylation is 2. The Hall–Kier alpha value is -2.10. The van der Waals surface area contributed by atoms with Gasteiger partial charge in [0.25, 0.3) is 0 Å². The van der Waals surface area contributed by atoms with Crippen LogP contribution < -0.4 is 5.43 Å². The van der Waals surface area contributed by atoms with Gasteiger partial charge >= 0.3 is 5.97 Å². The SMILES string of the molecule is Cc1cc(C)c2c(c1)c(=O)c(C(=O)O)cn2C(C)C. The van der Waals surface area contributed by atoms with Gasteiger partial charge in [-0.25, -0.2) is 4.79 Å². The minimum atomic E-state index is -1.18. The maximum atomic E-state index is 12.3. The van der Waals surface area contributed by atoms with Crippen molar-refractivity contribution in [3.63, 3.8) is 0 Å². The first-order chi connectivity index (χ1) is 8.82. The van der Waals surface area contributed by atoms with Crippen molar-refractivity contribution in [2.24, 2.45) is 0 Å². The van der Waals surface area contributed by atoms with Crippen molar-refractivity contribution in [3.05, 3.63) is 45.2 Å². The molecule has 100 valence electrons. The molecule has 0 atom stereocenters. The van der Waals surface area contributed by atoms with E-state index in [1.54, 1.807) is 6.07 Å². The van der Waals surface area contributed by atoms with Gasteiger partial charge in [-0.3, -0.25) is 4.79 Å². The highest BCUT2D eigenvalue weighted by atomic mass is 16.4. The number of carboxylic acids is 1. The zero-order valence-electron chi connectivity index (χ0n) is 11.5. The molecule has 1 aromatic carbocycles. The third-order valence-corrected chi connectivity index (χ3v) is 3.25. The normalized spacial score (nSPS) is 11.2. The highest BCUT2D eigenvalue weighted by Gasteiger charge is 2.17. The Balaban J connectivity index is 3.05. The maximum absolute atomic E-state index is 12.3. The van der Waals surface area contributed by atoms with E-state index >= 15 is 0 Å². The summed E-state index contributed by atoms with van der Waals surface area (Å²) in [5.41, 5.74) is 2.17. The Morgan fingerprint density at radius 1 is 1.26 bits per heavy atom. The van der Waals surface area contributed by atoms with Gasteiger partial charge < -0.3 is 9.67 Å². The monoisotopic (exact) mass is 259 g/mol. The summed E-state index contributed by atoms with van der Waals surface area (Å²) in [7, 11) is 0. The summed E-state index contributed by atoms with van der Waals surface area (Å²) in [6.07, 6.45) is 1.44. The van der Waals surface area contributed by atoms with E-state index in [4.69, 9.17) is 5.11 Å². The number of carbonyl (C=O) groups is 1. The van der Waals surface area contributed by atoms with Gasteiger partial charge in [-0.1, -0.05) is 6.07 Å². The van der Waals surface area contributed by atoms with Crippen molar-refractivity contribution in [1.82, 2.24) is 4.57 Å². The van der Waals surface area contributed by atoms with Crippen molar-refractivity contribution in [2.75, 3.05) is 0 Å². The average molecular weight is 259 g/mol. The van der Waals surface area contributed by atoms with E-state index < -0.39 is 11.4 Å². The van der Waals surface area contributed by atoms with Crippen LogP contribution in [0.2, 0.25) is 0 Å². The lowest BCUT2D eigenvalue weighted by Gasteiger charge is -2.18. The minimum absolute atomic E-state index is 0.0857. The maximum Gasteiger partial charge on any atom is 0.341 e. The zero-order valence-corrected chi connectivity index (χ0v) is 11.5. The topological polar surface area (TPSA) is 59.3 Å². The summed E-state index contributed by atoms with van der Waals surface area (Å²) in [5, 5.41) is 9.63. The highest BCUT2D eigenvalue weighted by Crippen LogP contribution is 2.22. The molecule has 0 bridgehead atoms. The van der Waals surface area contributed by atoms with Crippen molar-refractivity contribution in [1.29, 1.82) is 0 Å². The van der Waals surface area contributed by atoms with E-state index in [-0.39, 0.29) is 11.6 Å².